The van der Waals surface area contributed by atoms with Crippen molar-refractivity contribution in [3.8, 4) is 5.88 Å². The highest BCUT2D eigenvalue weighted by Gasteiger charge is 2.20. The zero-order valence-electron chi connectivity index (χ0n) is 15.7. The Bertz CT molecular complexity index is 762. The van der Waals surface area contributed by atoms with Crippen LogP contribution in [0.4, 0.5) is 5.69 Å². The Balaban J connectivity index is 1.95. The van der Waals surface area contributed by atoms with Gasteiger partial charge in [-0.1, -0.05) is 32.9 Å². The van der Waals surface area contributed by atoms with Crippen molar-refractivity contribution in [3.05, 3.63) is 53.7 Å². The third kappa shape index (κ3) is 5.05. The van der Waals surface area contributed by atoms with Gasteiger partial charge in [-0.05, 0) is 36.1 Å². The van der Waals surface area contributed by atoms with Gasteiger partial charge in [0.25, 0.3) is 5.91 Å². The first-order chi connectivity index (χ1) is 12.2. The average Bonchev–Trinajstić information content (AvgIpc) is 2.61. The molecule has 0 aliphatic heterocycles. The number of carbonyl (C=O) groups excluding carboxylic acids is 2. The van der Waals surface area contributed by atoms with Gasteiger partial charge in [-0.3, -0.25) is 4.79 Å². The summed E-state index contributed by atoms with van der Waals surface area (Å²) < 4.78 is 10.1. The highest BCUT2D eigenvalue weighted by molar-refractivity contribution is 5.97. The molecule has 6 nitrogen and oxygen atoms in total. The summed E-state index contributed by atoms with van der Waals surface area (Å²) >= 11 is 0. The quantitative estimate of drug-likeness (QED) is 0.829. The lowest BCUT2D eigenvalue weighted by molar-refractivity contribution is -0.123. The molecule has 0 fully saturated rings. The molecule has 2 aromatic rings. The fraction of sp³-hybridized carbons (Fsp3) is 0.350. The minimum absolute atomic E-state index is 0.0394. The van der Waals surface area contributed by atoms with Gasteiger partial charge in [0.1, 0.15) is 0 Å². The van der Waals surface area contributed by atoms with Crippen LogP contribution in [-0.4, -0.2) is 30.1 Å². The van der Waals surface area contributed by atoms with Crippen molar-refractivity contribution in [2.75, 3.05) is 12.4 Å². The molecule has 1 aromatic carbocycles. The maximum absolute atomic E-state index is 12.2. The van der Waals surface area contributed by atoms with Crippen LogP contribution in [0.15, 0.2) is 42.6 Å². The van der Waals surface area contributed by atoms with Gasteiger partial charge in [-0.2, -0.15) is 0 Å². The molecule has 0 aliphatic rings. The van der Waals surface area contributed by atoms with Crippen molar-refractivity contribution < 1.29 is 19.1 Å². The van der Waals surface area contributed by atoms with E-state index in [0.29, 0.717) is 11.6 Å². The Morgan fingerprint density at radius 1 is 1.08 bits per heavy atom. The van der Waals surface area contributed by atoms with E-state index in [1.807, 2.05) is 24.3 Å². The van der Waals surface area contributed by atoms with Crippen molar-refractivity contribution in [3.63, 3.8) is 0 Å². The number of aromatic nitrogens is 1. The predicted molar refractivity (Wildman–Crippen MR) is 99.4 cm³/mol. The van der Waals surface area contributed by atoms with Gasteiger partial charge in [0.2, 0.25) is 5.88 Å². The lowest BCUT2D eigenvalue weighted by Crippen LogP contribution is -2.30. The molecule has 0 saturated heterocycles. The number of hydrogen-bond donors (Lipinski definition) is 1. The number of carbonyl (C=O) groups is 2. The molecule has 0 bridgehead atoms. The number of rotatable bonds is 5. The molecule has 0 aliphatic carbocycles. The first kappa shape index (κ1) is 19.4. The molecular formula is C20H24N2O4. The van der Waals surface area contributed by atoms with Crippen molar-refractivity contribution in [1.29, 1.82) is 0 Å². The molecule has 26 heavy (non-hydrogen) atoms. The molecular weight excluding hydrogens is 332 g/mol. The number of esters is 1. The number of pyridine rings is 1. The average molecular weight is 356 g/mol. The Morgan fingerprint density at radius 2 is 1.73 bits per heavy atom. The Kier molecular flexibility index (Phi) is 5.97. The fourth-order valence-electron chi connectivity index (χ4n) is 2.20. The SMILES string of the molecule is COc1ccc(C(=O)OC(C)C(=O)Nc2ccc(C(C)(C)C)cc2)cn1. The van der Waals surface area contributed by atoms with Crippen LogP contribution in [0.3, 0.4) is 0 Å². The van der Waals surface area contributed by atoms with Gasteiger partial charge < -0.3 is 14.8 Å². The van der Waals surface area contributed by atoms with Crippen LogP contribution in [0.2, 0.25) is 0 Å². The Morgan fingerprint density at radius 3 is 2.23 bits per heavy atom. The largest absolute Gasteiger partial charge is 0.481 e. The molecule has 138 valence electrons. The van der Waals surface area contributed by atoms with E-state index in [2.05, 4.69) is 31.1 Å². The lowest BCUT2D eigenvalue weighted by atomic mass is 9.87. The molecule has 0 saturated carbocycles. The Labute approximate surface area is 153 Å². The van der Waals surface area contributed by atoms with E-state index in [1.165, 1.54) is 31.9 Å². The van der Waals surface area contributed by atoms with Crippen LogP contribution in [0.1, 0.15) is 43.6 Å². The highest BCUT2D eigenvalue weighted by Crippen LogP contribution is 2.23. The summed E-state index contributed by atoms with van der Waals surface area (Å²) in [5.74, 6) is -0.625. The molecule has 1 unspecified atom stereocenters. The van der Waals surface area contributed by atoms with Crippen LogP contribution < -0.4 is 10.1 Å². The summed E-state index contributed by atoms with van der Waals surface area (Å²) in [7, 11) is 1.49. The zero-order chi connectivity index (χ0) is 19.3. The molecule has 0 radical (unpaired) electrons. The van der Waals surface area contributed by atoms with E-state index in [-0.39, 0.29) is 11.0 Å². The number of anilines is 1. The molecule has 1 atom stereocenters. The summed E-state index contributed by atoms with van der Waals surface area (Å²) in [5, 5.41) is 2.74. The maximum atomic E-state index is 12.2. The second-order valence-corrected chi connectivity index (χ2v) is 6.95. The number of ether oxygens (including phenoxy) is 2. The monoisotopic (exact) mass is 356 g/mol. The molecule has 1 N–H and O–H groups in total. The predicted octanol–water partition coefficient (Wildman–Crippen LogP) is 3.57. The number of nitrogens with zero attached hydrogens (tertiary/aromatic N) is 1. The first-order valence-corrected chi connectivity index (χ1v) is 8.33. The van der Waals surface area contributed by atoms with Gasteiger partial charge in [0.15, 0.2) is 6.10 Å². The molecule has 6 heteroatoms. The third-order valence-corrected chi connectivity index (χ3v) is 3.85. The number of benzene rings is 1. The summed E-state index contributed by atoms with van der Waals surface area (Å²) in [6.45, 7) is 7.89. The molecule has 1 amide bonds. The smallest absolute Gasteiger partial charge is 0.340 e. The van der Waals surface area contributed by atoms with Crippen LogP contribution in [-0.2, 0) is 14.9 Å². The van der Waals surface area contributed by atoms with E-state index < -0.39 is 18.0 Å². The van der Waals surface area contributed by atoms with E-state index in [0.717, 1.165) is 0 Å². The second-order valence-electron chi connectivity index (χ2n) is 6.95. The summed E-state index contributed by atoms with van der Waals surface area (Å²) in [6.07, 6.45) is 0.406. The van der Waals surface area contributed by atoms with E-state index in [4.69, 9.17) is 9.47 Å². The summed E-state index contributed by atoms with van der Waals surface area (Å²) in [5.41, 5.74) is 2.11. The number of nitrogens with one attached hydrogen (secondary N) is 1. The van der Waals surface area contributed by atoms with Crippen molar-refractivity contribution in [1.82, 2.24) is 4.98 Å². The van der Waals surface area contributed by atoms with Gasteiger partial charge >= 0.3 is 5.97 Å². The molecule has 2 rings (SSSR count). The third-order valence-electron chi connectivity index (χ3n) is 3.85. The first-order valence-electron chi connectivity index (χ1n) is 8.33. The lowest BCUT2D eigenvalue weighted by Gasteiger charge is -2.19. The van der Waals surface area contributed by atoms with Crippen LogP contribution >= 0.6 is 0 Å². The minimum Gasteiger partial charge on any atom is -0.481 e. The standard InChI is InChI=1S/C20H24N2O4/c1-13(26-19(24)14-6-11-17(25-5)21-12-14)18(23)22-16-9-7-15(8-10-16)20(2,3)4/h6-13H,1-5H3,(H,22,23). The van der Waals surface area contributed by atoms with Gasteiger partial charge in [-0.25, -0.2) is 9.78 Å². The van der Waals surface area contributed by atoms with E-state index in [1.54, 1.807) is 6.07 Å². The summed E-state index contributed by atoms with van der Waals surface area (Å²) in [6, 6.07) is 10.7. The molecule has 1 heterocycles. The molecule has 0 spiro atoms. The van der Waals surface area contributed by atoms with E-state index >= 15 is 0 Å². The van der Waals surface area contributed by atoms with Gasteiger partial charge in [0, 0.05) is 18.0 Å². The van der Waals surface area contributed by atoms with Crippen molar-refractivity contribution in [2.24, 2.45) is 0 Å². The van der Waals surface area contributed by atoms with Crippen LogP contribution in [0, 0.1) is 0 Å². The maximum Gasteiger partial charge on any atom is 0.340 e. The number of methoxy groups -OCH3 is 1. The zero-order valence-corrected chi connectivity index (χ0v) is 15.7. The molecule has 1 aromatic heterocycles. The number of hydrogen-bond acceptors (Lipinski definition) is 5. The van der Waals surface area contributed by atoms with Gasteiger partial charge in [0.05, 0.1) is 12.7 Å². The normalized spacial score (nSPS) is 12.2. The highest BCUT2D eigenvalue weighted by atomic mass is 16.5. The Hall–Kier alpha value is -2.89. The minimum atomic E-state index is -0.938. The van der Waals surface area contributed by atoms with Crippen LogP contribution in [0.25, 0.3) is 0 Å². The van der Waals surface area contributed by atoms with Crippen molar-refractivity contribution in [2.45, 2.75) is 39.2 Å². The van der Waals surface area contributed by atoms with Gasteiger partial charge in [-0.15, -0.1) is 0 Å². The second kappa shape index (κ2) is 7.99. The fourth-order valence-corrected chi connectivity index (χ4v) is 2.20. The van der Waals surface area contributed by atoms with E-state index in [9.17, 15) is 9.59 Å². The topological polar surface area (TPSA) is 77.5 Å². The van der Waals surface area contributed by atoms with Crippen molar-refractivity contribution >= 4 is 17.6 Å². The van der Waals surface area contributed by atoms with Crippen LogP contribution in [0.5, 0.6) is 5.88 Å². The number of amides is 1. The summed E-state index contributed by atoms with van der Waals surface area (Å²) in [4.78, 5) is 28.3.